The Kier molecular flexibility index (Phi) is 5.45. The summed E-state index contributed by atoms with van der Waals surface area (Å²) in [4.78, 5) is 20.1. The van der Waals surface area contributed by atoms with Crippen LogP contribution >= 0.6 is 0 Å². The summed E-state index contributed by atoms with van der Waals surface area (Å²) in [5.41, 5.74) is 2.17. The highest BCUT2D eigenvalue weighted by Crippen LogP contribution is 2.37. The Morgan fingerprint density at radius 2 is 1.96 bits per heavy atom. The topological polar surface area (TPSA) is 45.2 Å². The van der Waals surface area contributed by atoms with Crippen molar-refractivity contribution >= 4 is 22.6 Å². The van der Waals surface area contributed by atoms with Crippen LogP contribution < -0.4 is 10.2 Å². The van der Waals surface area contributed by atoms with Gasteiger partial charge in [0, 0.05) is 30.4 Å². The van der Waals surface area contributed by atoms with E-state index in [0.717, 1.165) is 30.8 Å². The molecule has 146 valence electrons. The summed E-state index contributed by atoms with van der Waals surface area (Å²) in [6.45, 7) is 14.6. The number of hydrogen-bond acceptors (Lipinski definition) is 3. The van der Waals surface area contributed by atoms with Gasteiger partial charge >= 0.3 is 0 Å². The van der Waals surface area contributed by atoms with E-state index >= 15 is 0 Å². The number of rotatable bonds is 4. The predicted octanol–water partition coefficient (Wildman–Crippen LogP) is 4.56. The second kappa shape index (κ2) is 7.49. The van der Waals surface area contributed by atoms with Crippen molar-refractivity contribution in [3.63, 3.8) is 0 Å². The van der Waals surface area contributed by atoms with E-state index in [1.165, 1.54) is 10.9 Å². The fraction of sp³-hybridized carbons (Fsp3) is 0.565. The quantitative estimate of drug-likeness (QED) is 0.862. The largest absolute Gasteiger partial charge is 0.356 e. The lowest BCUT2D eigenvalue weighted by molar-refractivity contribution is -0.130. The van der Waals surface area contributed by atoms with Crippen LogP contribution in [-0.4, -0.2) is 30.0 Å². The van der Waals surface area contributed by atoms with Crippen molar-refractivity contribution in [3.05, 3.63) is 35.9 Å². The number of pyridine rings is 1. The first-order valence-corrected chi connectivity index (χ1v) is 10.1. The van der Waals surface area contributed by atoms with Crippen LogP contribution in [0.1, 0.15) is 46.6 Å². The molecule has 4 heteroatoms. The molecular weight excluding hydrogens is 334 g/mol. The first-order valence-electron chi connectivity index (χ1n) is 10.1. The Bertz CT molecular complexity index is 827. The second-order valence-electron chi connectivity index (χ2n) is 9.11. The van der Waals surface area contributed by atoms with E-state index < -0.39 is 0 Å². The molecular formula is C23H33N3O. The SMILES string of the molecule is Cc1cccc2ccc(N3CC[C@H](C(=O)NC(C)C(C)C)C(C)(C)C3)nc12. The van der Waals surface area contributed by atoms with E-state index in [1.54, 1.807) is 0 Å². The minimum atomic E-state index is -0.0958. The van der Waals surface area contributed by atoms with Crippen molar-refractivity contribution in [1.82, 2.24) is 10.3 Å². The Morgan fingerprint density at radius 1 is 1.22 bits per heavy atom. The average Bonchev–Trinajstić information content (AvgIpc) is 2.60. The number of benzene rings is 1. The third kappa shape index (κ3) is 4.10. The molecule has 1 unspecified atom stereocenters. The lowest BCUT2D eigenvalue weighted by Gasteiger charge is -2.44. The molecule has 1 fully saturated rings. The smallest absolute Gasteiger partial charge is 0.224 e. The number of nitrogens with one attached hydrogen (secondary N) is 1. The molecule has 0 aliphatic carbocycles. The minimum absolute atomic E-state index is 0.0390. The third-order valence-electron chi connectivity index (χ3n) is 6.15. The van der Waals surface area contributed by atoms with E-state index in [1.807, 2.05) is 0 Å². The van der Waals surface area contributed by atoms with E-state index in [4.69, 9.17) is 4.98 Å². The van der Waals surface area contributed by atoms with Gasteiger partial charge in [0.25, 0.3) is 0 Å². The van der Waals surface area contributed by atoms with Gasteiger partial charge in [-0.25, -0.2) is 4.98 Å². The number of hydrogen-bond donors (Lipinski definition) is 1. The van der Waals surface area contributed by atoms with Crippen molar-refractivity contribution < 1.29 is 4.79 Å². The number of amides is 1. The highest BCUT2D eigenvalue weighted by Gasteiger charge is 2.41. The molecule has 1 aliphatic rings. The molecule has 3 rings (SSSR count). The fourth-order valence-corrected chi connectivity index (χ4v) is 3.99. The van der Waals surface area contributed by atoms with Gasteiger partial charge in [0.05, 0.1) is 5.52 Å². The van der Waals surface area contributed by atoms with Crippen LogP contribution in [0.4, 0.5) is 5.82 Å². The molecule has 2 atom stereocenters. The number of piperidine rings is 1. The van der Waals surface area contributed by atoms with Crippen LogP contribution in [0.15, 0.2) is 30.3 Å². The predicted molar refractivity (Wildman–Crippen MR) is 113 cm³/mol. The molecule has 1 aliphatic heterocycles. The zero-order chi connectivity index (χ0) is 19.8. The van der Waals surface area contributed by atoms with Crippen LogP contribution in [0.3, 0.4) is 0 Å². The van der Waals surface area contributed by atoms with Gasteiger partial charge in [-0.05, 0) is 49.3 Å². The molecule has 0 saturated carbocycles. The number of aryl methyl sites for hydroxylation is 1. The maximum atomic E-state index is 12.8. The normalized spacial score (nSPS) is 20.7. The van der Waals surface area contributed by atoms with Gasteiger partial charge in [-0.15, -0.1) is 0 Å². The van der Waals surface area contributed by atoms with Crippen molar-refractivity contribution in [2.75, 3.05) is 18.0 Å². The van der Waals surface area contributed by atoms with E-state index in [0.29, 0.717) is 5.92 Å². The number of carbonyl (C=O) groups is 1. The number of carbonyl (C=O) groups excluding carboxylic acids is 1. The summed E-state index contributed by atoms with van der Waals surface area (Å²) in [6, 6.07) is 10.8. The van der Waals surface area contributed by atoms with Crippen LogP contribution in [0.2, 0.25) is 0 Å². The van der Waals surface area contributed by atoms with Gasteiger partial charge in [0.2, 0.25) is 5.91 Å². The van der Waals surface area contributed by atoms with Gasteiger partial charge in [-0.1, -0.05) is 45.9 Å². The molecule has 0 radical (unpaired) electrons. The molecule has 1 N–H and O–H groups in total. The van der Waals surface area contributed by atoms with Gasteiger partial charge in [0.1, 0.15) is 5.82 Å². The number of para-hydroxylation sites is 1. The molecule has 27 heavy (non-hydrogen) atoms. The molecule has 1 amide bonds. The maximum Gasteiger partial charge on any atom is 0.224 e. The molecule has 1 saturated heterocycles. The lowest BCUT2D eigenvalue weighted by atomic mass is 9.73. The number of aromatic nitrogens is 1. The standard InChI is InChI=1S/C23H33N3O/c1-15(2)17(4)24-22(27)19-12-13-26(14-23(19,5)6)20-11-10-18-9-7-8-16(3)21(18)25-20/h7-11,15,17,19H,12-14H2,1-6H3,(H,24,27)/t17?,19-/m1/s1. The highest BCUT2D eigenvalue weighted by molar-refractivity contribution is 5.83. The van der Waals surface area contributed by atoms with Crippen molar-refractivity contribution in [2.24, 2.45) is 17.3 Å². The molecule has 2 heterocycles. The second-order valence-corrected chi connectivity index (χ2v) is 9.11. The van der Waals surface area contributed by atoms with Crippen LogP contribution in [0.5, 0.6) is 0 Å². The highest BCUT2D eigenvalue weighted by atomic mass is 16.2. The van der Waals surface area contributed by atoms with E-state index in [9.17, 15) is 4.79 Å². The summed E-state index contributed by atoms with van der Waals surface area (Å²) >= 11 is 0. The summed E-state index contributed by atoms with van der Waals surface area (Å²) in [7, 11) is 0. The Balaban J connectivity index is 1.77. The molecule has 4 nitrogen and oxygen atoms in total. The molecule has 2 aromatic rings. The molecule has 1 aromatic carbocycles. The number of nitrogens with zero attached hydrogens (tertiary/aromatic N) is 2. The summed E-state index contributed by atoms with van der Waals surface area (Å²) in [5, 5.41) is 4.39. The summed E-state index contributed by atoms with van der Waals surface area (Å²) in [5.74, 6) is 1.70. The monoisotopic (exact) mass is 367 g/mol. The van der Waals surface area contributed by atoms with Gasteiger partial charge in [-0.2, -0.15) is 0 Å². The zero-order valence-electron chi connectivity index (χ0n) is 17.5. The first-order chi connectivity index (χ1) is 12.7. The Morgan fingerprint density at radius 3 is 2.63 bits per heavy atom. The number of fused-ring (bicyclic) bond motifs is 1. The van der Waals surface area contributed by atoms with Crippen molar-refractivity contribution in [2.45, 2.75) is 54.0 Å². The van der Waals surface area contributed by atoms with Gasteiger partial charge in [0.15, 0.2) is 0 Å². The van der Waals surface area contributed by atoms with Crippen molar-refractivity contribution in [1.29, 1.82) is 0 Å². The van der Waals surface area contributed by atoms with Crippen molar-refractivity contribution in [3.8, 4) is 0 Å². The molecule has 1 aromatic heterocycles. The third-order valence-corrected chi connectivity index (χ3v) is 6.15. The first kappa shape index (κ1) is 19.7. The minimum Gasteiger partial charge on any atom is -0.356 e. The Hall–Kier alpha value is -2.10. The summed E-state index contributed by atoms with van der Waals surface area (Å²) < 4.78 is 0. The zero-order valence-corrected chi connectivity index (χ0v) is 17.5. The maximum absolute atomic E-state index is 12.8. The Labute approximate surface area is 163 Å². The van der Waals surface area contributed by atoms with Crippen LogP contribution in [0.25, 0.3) is 10.9 Å². The number of anilines is 1. The van der Waals surface area contributed by atoms with Crippen LogP contribution in [0, 0.1) is 24.2 Å². The summed E-state index contributed by atoms with van der Waals surface area (Å²) in [6.07, 6.45) is 0.858. The van der Waals surface area contributed by atoms with E-state index in [-0.39, 0.29) is 23.3 Å². The van der Waals surface area contributed by atoms with Gasteiger partial charge < -0.3 is 10.2 Å². The fourth-order valence-electron chi connectivity index (χ4n) is 3.99. The van der Waals surface area contributed by atoms with Gasteiger partial charge in [-0.3, -0.25) is 4.79 Å². The molecule has 0 bridgehead atoms. The van der Waals surface area contributed by atoms with E-state index in [2.05, 4.69) is 82.1 Å². The lowest BCUT2D eigenvalue weighted by Crippen LogP contribution is -2.53. The van der Waals surface area contributed by atoms with Crippen LogP contribution in [-0.2, 0) is 4.79 Å². The molecule has 0 spiro atoms. The average molecular weight is 368 g/mol.